The number of urea groups is 1. The van der Waals surface area contributed by atoms with E-state index >= 15 is 0 Å². The number of alkyl halides is 3. The maximum atomic E-state index is 14.1. The van der Waals surface area contributed by atoms with E-state index in [1.807, 2.05) is 17.5 Å². The van der Waals surface area contributed by atoms with E-state index in [4.69, 9.17) is 0 Å². The van der Waals surface area contributed by atoms with Gasteiger partial charge in [-0.25, -0.2) is 9.18 Å². The van der Waals surface area contributed by atoms with Gasteiger partial charge in [-0.05, 0) is 66.2 Å². The Bertz CT molecular complexity index is 1360. The molecule has 0 unspecified atom stereocenters. The second kappa shape index (κ2) is 11.0. The SMILES string of the molecule is C[C@H]1CN(C(=O)CN2CCc3sccc3[C@@H]2c2cccc(F)c2)CCN1C(=O)Nc1cccc(C(F)(F)F)c1. The molecule has 1 aromatic heterocycles. The molecule has 5 rings (SSSR count). The largest absolute Gasteiger partial charge is 0.416 e. The number of hydrogen-bond donors (Lipinski definition) is 1. The summed E-state index contributed by atoms with van der Waals surface area (Å²) in [4.78, 5) is 32.8. The fourth-order valence-corrected chi connectivity index (χ4v) is 6.24. The van der Waals surface area contributed by atoms with Crippen LogP contribution >= 0.6 is 11.3 Å². The van der Waals surface area contributed by atoms with E-state index in [9.17, 15) is 27.2 Å². The van der Waals surface area contributed by atoms with Crippen LogP contribution in [-0.2, 0) is 17.4 Å². The Balaban J connectivity index is 1.23. The van der Waals surface area contributed by atoms with Crippen LogP contribution in [0.2, 0.25) is 0 Å². The molecule has 6 nitrogen and oxygen atoms in total. The maximum Gasteiger partial charge on any atom is 0.416 e. The molecule has 1 fully saturated rings. The number of rotatable bonds is 4. The summed E-state index contributed by atoms with van der Waals surface area (Å²) in [6.07, 6.45) is -3.70. The van der Waals surface area contributed by atoms with Crippen molar-refractivity contribution in [2.75, 3.05) is 38.0 Å². The van der Waals surface area contributed by atoms with Gasteiger partial charge in [0.1, 0.15) is 5.82 Å². The molecule has 3 heterocycles. The third kappa shape index (κ3) is 5.94. The fourth-order valence-electron chi connectivity index (χ4n) is 5.33. The van der Waals surface area contributed by atoms with Crippen LogP contribution in [0.1, 0.15) is 34.5 Å². The highest BCUT2D eigenvalue weighted by Gasteiger charge is 2.35. The third-order valence-corrected chi connectivity index (χ3v) is 8.25. The molecule has 206 valence electrons. The average molecular weight is 561 g/mol. The molecule has 2 atom stereocenters. The Labute approximate surface area is 227 Å². The molecule has 3 amide bonds. The van der Waals surface area contributed by atoms with Gasteiger partial charge >= 0.3 is 12.2 Å². The summed E-state index contributed by atoms with van der Waals surface area (Å²) < 4.78 is 53.2. The van der Waals surface area contributed by atoms with Gasteiger partial charge in [0.05, 0.1) is 18.2 Å². The predicted octanol–water partition coefficient (Wildman–Crippen LogP) is 5.62. The predicted molar refractivity (Wildman–Crippen MR) is 141 cm³/mol. The number of thiophene rings is 1. The van der Waals surface area contributed by atoms with E-state index in [0.29, 0.717) is 19.6 Å². The summed E-state index contributed by atoms with van der Waals surface area (Å²) in [7, 11) is 0. The van der Waals surface area contributed by atoms with E-state index in [1.165, 1.54) is 34.0 Å². The lowest BCUT2D eigenvalue weighted by Crippen LogP contribution is -2.58. The van der Waals surface area contributed by atoms with Crippen LogP contribution in [0.15, 0.2) is 60.0 Å². The first-order valence-corrected chi connectivity index (χ1v) is 13.6. The molecule has 0 bridgehead atoms. The van der Waals surface area contributed by atoms with Crippen LogP contribution < -0.4 is 5.32 Å². The Morgan fingerprint density at radius 3 is 2.59 bits per heavy atom. The molecule has 1 N–H and O–H groups in total. The number of piperazine rings is 1. The van der Waals surface area contributed by atoms with Gasteiger partial charge < -0.3 is 15.1 Å². The van der Waals surface area contributed by atoms with Crippen molar-refractivity contribution in [1.29, 1.82) is 0 Å². The number of benzene rings is 2. The number of amides is 3. The van der Waals surface area contributed by atoms with Crippen LogP contribution in [0, 0.1) is 5.82 Å². The quantitative estimate of drug-likeness (QED) is 0.422. The summed E-state index contributed by atoms with van der Waals surface area (Å²) in [5, 5.41) is 4.57. The van der Waals surface area contributed by atoms with Crippen LogP contribution in [0.5, 0.6) is 0 Å². The van der Waals surface area contributed by atoms with Gasteiger partial charge in [0.15, 0.2) is 0 Å². The van der Waals surface area contributed by atoms with Crippen molar-refractivity contribution in [1.82, 2.24) is 14.7 Å². The standard InChI is InChI=1S/C28H28F4N4O2S/c1-18-16-34(11-12-36(18)27(38)33-22-7-3-5-20(15-22)28(30,31)32)25(37)17-35-10-8-24-23(9-13-39-24)26(35)19-4-2-6-21(29)14-19/h2-7,9,13-15,18,26H,8,10-12,16-17H2,1H3,(H,33,38)/t18-,26-/m0/s1. The molecular weight excluding hydrogens is 532 g/mol. The molecular formula is C28H28F4N4O2S. The number of carbonyl (C=O) groups excluding carboxylic acids is 2. The lowest BCUT2D eigenvalue weighted by Gasteiger charge is -2.41. The van der Waals surface area contributed by atoms with Crippen LogP contribution in [0.3, 0.4) is 0 Å². The van der Waals surface area contributed by atoms with Gasteiger partial charge in [0.25, 0.3) is 0 Å². The molecule has 0 aliphatic carbocycles. The van der Waals surface area contributed by atoms with Crippen LogP contribution in [0.4, 0.5) is 28.0 Å². The Morgan fingerprint density at radius 2 is 1.85 bits per heavy atom. The first-order valence-electron chi connectivity index (χ1n) is 12.7. The molecule has 0 saturated carbocycles. The van der Waals surface area contributed by atoms with Gasteiger partial charge in [-0.2, -0.15) is 13.2 Å². The number of halogens is 4. The highest BCUT2D eigenvalue weighted by Crippen LogP contribution is 2.38. The van der Waals surface area contributed by atoms with Crippen LogP contribution in [-0.4, -0.2) is 65.4 Å². The summed E-state index contributed by atoms with van der Waals surface area (Å²) in [5.41, 5.74) is 1.11. The van der Waals surface area contributed by atoms with Crippen molar-refractivity contribution in [3.63, 3.8) is 0 Å². The fraction of sp³-hybridized carbons (Fsp3) is 0.357. The van der Waals surface area contributed by atoms with Gasteiger partial charge in [-0.3, -0.25) is 9.69 Å². The molecule has 2 aliphatic heterocycles. The molecule has 3 aromatic rings. The monoisotopic (exact) mass is 560 g/mol. The van der Waals surface area contributed by atoms with E-state index in [-0.39, 0.29) is 42.6 Å². The van der Waals surface area contributed by atoms with Crippen LogP contribution in [0.25, 0.3) is 0 Å². The summed E-state index contributed by atoms with van der Waals surface area (Å²) in [6.45, 7) is 3.48. The van der Waals surface area contributed by atoms with Crippen molar-refractivity contribution in [2.24, 2.45) is 0 Å². The van der Waals surface area contributed by atoms with Gasteiger partial charge in [0.2, 0.25) is 5.91 Å². The number of nitrogens with one attached hydrogen (secondary N) is 1. The molecule has 2 aliphatic rings. The summed E-state index contributed by atoms with van der Waals surface area (Å²) in [6, 6.07) is 11.9. The zero-order chi connectivity index (χ0) is 27.7. The Morgan fingerprint density at radius 1 is 1.05 bits per heavy atom. The minimum Gasteiger partial charge on any atom is -0.338 e. The highest BCUT2D eigenvalue weighted by atomic mass is 32.1. The minimum absolute atomic E-state index is 0.0572. The van der Waals surface area contributed by atoms with Gasteiger partial charge in [0, 0.05) is 42.8 Å². The minimum atomic E-state index is -4.51. The van der Waals surface area contributed by atoms with Crippen molar-refractivity contribution < 1.29 is 27.2 Å². The number of carbonyl (C=O) groups is 2. The number of fused-ring (bicyclic) bond motifs is 1. The summed E-state index contributed by atoms with van der Waals surface area (Å²) >= 11 is 1.67. The molecule has 1 saturated heterocycles. The number of anilines is 1. The smallest absolute Gasteiger partial charge is 0.338 e. The van der Waals surface area contributed by atoms with E-state index in [0.717, 1.165) is 29.7 Å². The zero-order valence-electron chi connectivity index (χ0n) is 21.2. The van der Waals surface area contributed by atoms with Crippen molar-refractivity contribution in [3.8, 4) is 0 Å². The van der Waals surface area contributed by atoms with Gasteiger partial charge in [-0.15, -0.1) is 11.3 Å². The molecule has 2 aromatic carbocycles. The number of hydrogen-bond acceptors (Lipinski definition) is 4. The lowest BCUT2D eigenvalue weighted by molar-refractivity contribution is -0.137. The van der Waals surface area contributed by atoms with E-state index in [2.05, 4.69) is 10.2 Å². The van der Waals surface area contributed by atoms with Crippen molar-refractivity contribution >= 4 is 29.0 Å². The molecule has 0 spiro atoms. The maximum absolute atomic E-state index is 14.1. The first kappa shape index (κ1) is 27.1. The normalized spacial score (nSPS) is 20.0. The highest BCUT2D eigenvalue weighted by molar-refractivity contribution is 7.10. The topological polar surface area (TPSA) is 55.9 Å². The Kier molecular flexibility index (Phi) is 7.64. The average Bonchev–Trinajstić information content (AvgIpc) is 3.37. The van der Waals surface area contributed by atoms with Gasteiger partial charge in [-0.1, -0.05) is 18.2 Å². The molecule has 39 heavy (non-hydrogen) atoms. The number of nitrogens with zero attached hydrogens (tertiary/aromatic N) is 3. The second-order valence-electron chi connectivity index (χ2n) is 9.87. The second-order valence-corrected chi connectivity index (χ2v) is 10.9. The zero-order valence-corrected chi connectivity index (χ0v) is 22.1. The van der Waals surface area contributed by atoms with E-state index in [1.54, 1.807) is 29.2 Å². The Hall–Kier alpha value is -3.44. The van der Waals surface area contributed by atoms with Crippen molar-refractivity contribution in [2.45, 2.75) is 31.6 Å². The van der Waals surface area contributed by atoms with E-state index < -0.39 is 17.8 Å². The lowest BCUT2D eigenvalue weighted by atomic mass is 9.93. The van der Waals surface area contributed by atoms with Crippen molar-refractivity contribution in [3.05, 3.63) is 87.4 Å². The summed E-state index contributed by atoms with van der Waals surface area (Å²) in [5.74, 6) is -0.408. The molecule has 11 heteroatoms. The third-order valence-electron chi connectivity index (χ3n) is 7.25. The molecule has 0 radical (unpaired) electrons. The first-order chi connectivity index (χ1) is 18.6.